The number of thiophene rings is 1. The van der Waals surface area contributed by atoms with Crippen LogP contribution in [0.25, 0.3) is 0 Å². The fourth-order valence-corrected chi connectivity index (χ4v) is 2.78. The van der Waals surface area contributed by atoms with E-state index in [0.717, 1.165) is 0 Å². The number of carbonyl (C=O) groups is 2. The summed E-state index contributed by atoms with van der Waals surface area (Å²) in [6, 6.07) is 6.48. The van der Waals surface area contributed by atoms with Crippen LogP contribution in [0.5, 0.6) is 11.5 Å². The van der Waals surface area contributed by atoms with Gasteiger partial charge in [-0.2, -0.15) is 0 Å². The Morgan fingerprint density at radius 3 is 2.46 bits per heavy atom. The largest absolute Gasteiger partial charge is 0.493 e. The Morgan fingerprint density at radius 1 is 1.12 bits per heavy atom. The molecule has 0 spiro atoms. The van der Waals surface area contributed by atoms with Crippen molar-refractivity contribution in [3.05, 3.63) is 40.1 Å². The van der Waals surface area contributed by atoms with Crippen LogP contribution >= 0.6 is 11.3 Å². The van der Waals surface area contributed by atoms with Crippen LogP contribution in [0.15, 0.2) is 29.6 Å². The molecule has 0 unspecified atom stereocenters. The first kappa shape index (κ1) is 19.7. The average molecular weight is 379 g/mol. The molecular weight excluding hydrogens is 358 g/mol. The Hall–Kier alpha value is -2.58. The normalized spacial score (nSPS) is 10.3. The number of hydrogen-bond donors (Lipinski definition) is 1. The van der Waals surface area contributed by atoms with E-state index in [9.17, 15) is 9.59 Å². The first-order valence-corrected chi connectivity index (χ1v) is 8.84. The van der Waals surface area contributed by atoms with Gasteiger partial charge in [-0.15, -0.1) is 11.3 Å². The van der Waals surface area contributed by atoms with Crippen molar-refractivity contribution in [2.45, 2.75) is 6.92 Å². The fraction of sp³-hybridized carbons (Fsp3) is 0.333. The molecule has 1 aromatic carbocycles. The molecule has 1 N–H and O–H groups in total. The van der Waals surface area contributed by atoms with Crippen molar-refractivity contribution in [3.63, 3.8) is 0 Å². The van der Waals surface area contributed by atoms with Crippen molar-refractivity contribution < 1.29 is 28.5 Å². The molecule has 1 aromatic heterocycles. The van der Waals surface area contributed by atoms with E-state index < -0.39 is 5.97 Å². The minimum atomic E-state index is -0.591. The lowest BCUT2D eigenvalue weighted by atomic mass is 10.1. The van der Waals surface area contributed by atoms with Crippen LogP contribution in [0.1, 0.15) is 27.0 Å². The lowest BCUT2D eigenvalue weighted by Gasteiger charge is -2.15. The van der Waals surface area contributed by atoms with Crippen molar-refractivity contribution in [1.29, 1.82) is 0 Å². The second-order valence-electron chi connectivity index (χ2n) is 5.02. The highest BCUT2D eigenvalue weighted by atomic mass is 32.1. The number of rotatable bonds is 9. The highest BCUT2D eigenvalue weighted by Crippen LogP contribution is 2.34. The summed E-state index contributed by atoms with van der Waals surface area (Å²) in [7, 11) is 2.94. The zero-order valence-corrected chi connectivity index (χ0v) is 15.7. The minimum Gasteiger partial charge on any atom is -0.493 e. The summed E-state index contributed by atoms with van der Waals surface area (Å²) in [5, 5.41) is 4.52. The van der Waals surface area contributed by atoms with Crippen molar-refractivity contribution >= 4 is 28.9 Å². The van der Waals surface area contributed by atoms with E-state index in [1.165, 1.54) is 37.7 Å². The Morgan fingerprint density at radius 2 is 1.85 bits per heavy atom. The van der Waals surface area contributed by atoms with Crippen LogP contribution in [-0.4, -0.2) is 45.9 Å². The van der Waals surface area contributed by atoms with Gasteiger partial charge in [-0.05, 0) is 18.4 Å². The number of hydrogen-bond acceptors (Lipinski definition) is 7. The molecule has 0 fully saturated rings. The Kier molecular flexibility index (Phi) is 7.43. The van der Waals surface area contributed by atoms with Gasteiger partial charge >= 0.3 is 5.97 Å². The quantitative estimate of drug-likeness (QED) is 0.532. The number of methoxy groups -OCH3 is 2. The first-order chi connectivity index (χ1) is 12.6. The average Bonchev–Trinajstić information content (AvgIpc) is 3.19. The van der Waals surface area contributed by atoms with E-state index in [1.54, 1.807) is 17.5 Å². The van der Waals surface area contributed by atoms with Gasteiger partial charge in [-0.25, -0.2) is 4.79 Å². The second kappa shape index (κ2) is 9.79. The van der Waals surface area contributed by atoms with Crippen LogP contribution in [-0.2, 0) is 9.47 Å². The number of anilines is 1. The molecular formula is C18H21NO6S. The van der Waals surface area contributed by atoms with Gasteiger partial charge in [0, 0.05) is 18.7 Å². The van der Waals surface area contributed by atoms with E-state index in [-0.39, 0.29) is 23.8 Å². The van der Waals surface area contributed by atoms with Crippen molar-refractivity contribution in [2.75, 3.05) is 39.4 Å². The molecule has 7 nitrogen and oxygen atoms in total. The van der Waals surface area contributed by atoms with E-state index >= 15 is 0 Å². The summed E-state index contributed by atoms with van der Waals surface area (Å²) < 4.78 is 20.8. The number of esters is 1. The van der Waals surface area contributed by atoms with Gasteiger partial charge < -0.3 is 24.3 Å². The molecule has 140 valence electrons. The molecule has 0 atom stereocenters. The molecule has 0 aliphatic carbocycles. The molecule has 1 heterocycles. The zero-order chi connectivity index (χ0) is 18.9. The Balaban J connectivity index is 2.27. The van der Waals surface area contributed by atoms with Gasteiger partial charge in [0.2, 0.25) is 0 Å². The van der Waals surface area contributed by atoms with E-state index in [4.69, 9.17) is 18.9 Å². The Bertz CT molecular complexity index is 744. The van der Waals surface area contributed by atoms with Gasteiger partial charge in [0.25, 0.3) is 5.91 Å². The topological polar surface area (TPSA) is 83.1 Å². The molecule has 1 amide bonds. The fourth-order valence-electron chi connectivity index (χ4n) is 2.16. The Labute approximate surface area is 155 Å². The van der Waals surface area contributed by atoms with Crippen LogP contribution in [0, 0.1) is 0 Å². The minimum absolute atomic E-state index is 0.110. The summed E-state index contributed by atoms with van der Waals surface area (Å²) in [6.45, 7) is 2.80. The first-order valence-electron chi connectivity index (χ1n) is 7.96. The summed E-state index contributed by atoms with van der Waals surface area (Å²) in [5.74, 6) is -0.166. The van der Waals surface area contributed by atoms with Crippen molar-refractivity contribution in [2.24, 2.45) is 0 Å². The number of amides is 1. The van der Waals surface area contributed by atoms with Crippen LogP contribution in [0.4, 0.5) is 5.69 Å². The van der Waals surface area contributed by atoms with Crippen molar-refractivity contribution in [1.82, 2.24) is 0 Å². The summed E-state index contributed by atoms with van der Waals surface area (Å²) in [4.78, 5) is 25.3. The molecule has 2 rings (SSSR count). The van der Waals surface area contributed by atoms with Gasteiger partial charge in [0.15, 0.2) is 11.5 Å². The molecule has 8 heteroatoms. The smallest absolute Gasteiger partial charge is 0.340 e. The number of ether oxygens (including phenoxy) is 4. The van der Waals surface area contributed by atoms with Gasteiger partial charge in [-0.3, -0.25) is 4.79 Å². The number of benzene rings is 1. The standard InChI is InChI=1S/C18H21NO6S/c1-4-24-7-8-25-18(21)12-10-14(22-2)15(23-3)11-13(12)19-17(20)16-6-5-9-26-16/h5-6,9-11H,4,7-8H2,1-3H3,(H,19,20). The van der Waals surface area contributed by atoms with Crippen LogP contribution in [0.2, 0.25) is 0 Å². The SMILES string of the molecule is CCOCCOC(=O)c1cc(OC)c(OC)cc1NC(=O)c1cccs1. The maximum atomic E-state index is 12.4. The van der Waals surface area contributed by atoms with E-state index in [2.05, 4.69) is 5.32 Å². The third-order valence-electron chi connectivity index (χ3n) is 3.40. The maximum absolute atomic E-state index is 12.4. The molecule has 0 aliphatic rings. The van der Waals surface area contributed by atoms with Gasteiger partial charge in [0.1, 0.15) is 6.61 Å². The third kappa shape index (κ3) is 4.96. The molecule has 0 saturated carbocycles. The molecule has 2 aromatic rings. The van der Waals surface area contributed by atoms with E-state index in [1.807, 2.05) is 6.92 Å². The predicted octanol–water partition coefficient (Wildman–Crippen LogP) is 3.21. The summed E-state index contributed by atoms with van der Waals surface area (Å²) in [5.41, 5.74) is 0.450. The van der Waals surface area contributed by atoms with Crippen LogP contribution in [0.3, 0.4) is 0 Å². The number of carbonyl (C=O) groups excluding carboxylic acids is 2. The predicted molar refractivity (Wildman–Crippen MR) is 98.6 cm³/mol. The van der Waals surface area contributed by atoms with E-state index in [0.29, 0.717) is 29.6 Å². The summed E-state index contributed by atoms with van der Waals surface area (Å²) >= 11 is 1.30. The van der Waals surface area contributed by atoms with Crippen LogP contribution < -0.4 is 14.8 Å². The molecule has 0 saturated heterocycles. The molecule has 0 radical (unpaired) electrons. The molecule has 0 bridgehead atoms. The third-order valence-corrected chi connectivity index (χ3v) is 4.27. The van der Waals surface area contributed by atoms with Gasteiger partial charge in [0.05, 0.1) is 37.0 Å². The highest BCUT2D eigenvalue weighted by Gasteiger charge is 2.20. The van der Waals surface area contributed by atoms with Gasteiger partial charge in [-0.1, -0.05) is 6.07 Å². The lowest BCUT2D eigenvalue weighted by molar-refractivity contribution is 0.0336. The molecule has 26 heavy (non-hydrogen) atoms. The lowest BCUT2D eigenvalue weighted by Crippen LogP contribution is -2.17. The molecule has 0 aliphatic heterocycles. The second-order valence-corrected chi connectivity index (χ2v) is 5.96. The monoisotopic (exact) mass is 379 g/mol. The zero-order valence-electron chi connectivity index (χ0n) is 14.9. The van der Waals surface area contributed by atoms with Crippen molar-refractivity contribution in [3.8, 4) is 11.5 Å². The highest BCUT2D eigenvalue weighted by molar-refractivity contribution is 7.12. The summed E-state index contributed by atoms with van der Waals surface area (Å²) in [6.07, 6.45) is 0. The maximum Gasteiger partial charge on any atom is 0.340 e. The number of nitrogens with one attached hydrogen (secondary N) is 1.